The highest BCUT2D eigenvalue weighted by molar-refractivity contribution is 7.17. The summed E-state index contributed by atoms with van der Waals surface area (Å²) in [6, 6.07) is 0. The Morgan fingerprint density at radius 3 is 2.86 bits per heavy atom. The summed E-state index contributed by atoms with van der Waals surface area (Å²) in [5.74, 6) is 0.636. The molecule has 0 unspecified atom stereocenters. The van der Waals surface area contributed by atoms with E-state index in [1.165, 1.54) is 17.7 Å². The van der Waals surface area contributed by atoms with Crippen LogP contribution in [0.5, 0.6) is 0 Å². The number of hydrogen-bond donors (Lipinski definition) is 0. The summed E-state index contributed by atoms with van der Waals surface area (Å²) < 4.78 is 5.09. The minimum atomic E-state index is -0.354. The highest BCUT2D eigenvalue weighted by Gasteiger charge is 2.24. The molecule has 0 spiro atoms. The summed E-state index contributed by atoms with van der Waals surface area (Å²) in [5, 5.41) is 2.49. The van der Waals surface area contributed by atoms with E-state index >= 15 is 0 Å². The van der Waals surface area contributed by atoms with Crippen LogP contribution in [-0.2, 0) is 9.53 Å². The first-order valence-electron chi connectivity index (χ1n) is 6.86. The van der Waals surface area contributed by atoms with Gasteiger partial charge in [0.25, 0.3) is 0 Å². The van der Waals surface area contributed by atoms with Crippen LogP contribution in [-0.4, -0.2) is 41.4 Å². The number of anilines is 1. The lowest BCUT2D eigenvalue weighted by atomic mass is 10.1. The van der Waals surface area contributed by atoms with E-state index in [1.54, 1.807) is 12.3 Å². The Kier molecular flexibility index (Phi) is 3.83. The summed E-state index contributed by atoms with van der Waals surface area (Å²) in [6.45, 7) is 3.36. The molecule has 2 aromatic heterocycles. The number of carbonyl (C=O) groups is 2. The molecule has 3 heterocycles. The van der Waals surface area contributed by atoms with Crippen molar-refractivity contribution in [3.05, 3.63) is 17.3 Å². The lowest BCUT2D eigenvalue weighted by Crippen LogP contribution is -2.34. The summed E-state index contributed by atoms with van der Waals surface area (Å²) >= 11 is 1.40. The Balaban J connectivity index is 2.03. The molecule has 6 nitrogen and oxygen atoms in total. The van der Waals surface area contributed by atoms with Gasteiger partial charge in [0, 0.05) is 31.3 Å². The molecule has 0 saturated carbocycles. The van der Waals surface area contributed by atoms with Crippen LogP contribution in [0.3, 0.4) is 0 Å². The highest BCUT2D eigenvalue weighted by atomic mass is 32.1. The van der Waals surface area contributed by atoms with Crippen molar-refractivity contribution in [2.45, 2.75) is 19.8 Å². The Hall–Kier alpha value is -2.02. The van der Waals surface area contributed by atoms with Gasteiger partial charge in [-0.25, -0.2) is 14.8 Å². The van der Waals surface area contributed by atoms with E-state index in [1.807, 2.05) is 4.90 Å². The molecule has 0 aromatic carbocycles. The largest absolute Gasteiger partial charge is 0.462 e. The van der Waals surface area contributed by atoms with Crippen LogP contribution >= 0.6 is 11.3 Å². The molecule has 0 amide bonds. The molecule has 7 heteroatoms. The molecule has 0 aliphatic carbocycles. The van der Waals surface area contributed by atoms with Gasteiger partial charge in [-0.1, -0.05) is 0 Å². The van der Waals surface area contributed by atoms with Crippen LogP contribution in [0, 0.1) is 0 Å². The fraction of sp³-hybridized carbons (Fsp3) is 0.429. The van der Waals surface area contributed by atoms with Crippen molar-refractivity contribution in [1.82, 2.24) is 9.97 Å². The van der Waals surface area contributed by atoms with Crippen molar-refractivity contribution in [1.29, 1.82) is 0 Å². The first kappa shape index (κ1) is 13.9. The zero-order chi connectivity index (χ0) is 14.8. The zero-order valence-electron chi connectivity index (χ0n) is 11.7. The number of rotatable bonds is 3. The predicted molar refractivity (Wildman–Crippen MR) is 79.8 cm³/mol. The molecule has 0 bridgehead atoms. The SMILES string of the molecule is CCOC(=O)c1csc2ncnc(N3CCC(=O)CC3)c12. The maximum absolute atomic E-state index is 12.1. The van der Waals surface area contributed by atoms with Crippen LogP contribution in [0.4, 0.5) is 5.82 Å². The number of thiophene rings is 1. The summed E-state index contributed by atoms with van der Waals surface area (Å²) in [4.78, 5) is 34.8. The average molecular weight is 305 g/mol. The van der Waals surface area contributed by atoms with Gasteiger partial charge in [0.2, 0.25) is 0 Å². The summed E-state index contributed by atoms with van der Waals surface area (Å²) in [5.41, 5.74) is 0.504. The van der Waals surface area contributed by atoms with E-state index in [4.69, 9.17) is 4.74 Å². The smallest absolute Gasteiger partial charge is 0.339 e. The van der Waals surface area contributed by atoms with Crippen molar-refractivity contribution in [3.8, 4) is 0 Å². The first-order chi connectivity index (χ1) is 10.2. The molecule has 3 rings (SSSR count). The number of esters is 1. The Morgan fingerprint density at radius 2 is 2.14 bits per heavy atom. The normalized spacial score (nSPS) is 15.5. The molecule has 1 fully saturated rings. The van der Waals surface area contributed by atoms with Crippen LogP contribution in [0.1, 0.15) is 30.1 Å². The summed E-state index contributed by atoms with van der Waals surface area (Å²) in [7, 11) is 0. The van der Waals surface area contributed by atoms with Crippen molar-refractivity contribution < 1.29 is 14.3 Å². The number of carbonyl (C=O) groups excluding carboxylic acids is 2. The fourth-order valence-electron chi connectivity index (χ4n) is 2.43. The third-order valence-corrected chi connectivity index (χ3v) is 4.35. The number of piperidine rings is 1. The second kappa shape index (κ2) is 5.77. The number of hydrogen-bond acceptors (Lipinski definition) is 7. The van der Waals surface area contributed by atoms with Crippen molar-refractivity contribution in [3.63, 3.8) is 0 Å². The van der Waals surface area contributed by atoms with Gasteiger partial charge >= 0.3 is 5.97 Å². The quantitative estimate of drug-likeness (QED) is 0.808. The van der Waals surface area contributed by atoms with E-state index in [-0.39, 0.29) is 11.8 Å². The monoisotopic (exact) mass is 305 g/mol. The standard InChI is InChI=1S/C14H15N3O3S/c1-2-20-14(19)10-7-21-13-11(10)12(15-8-16-13)17-5-3-9(18)4-6-17/h7-8H,2-6H2,1H3. The molecular weight excluding hydrogens is 290 g/mol. The summed E-state index contributed by atoms with van der Waals surface area (Å²) in [6.07, 6.45) is 2.54. The lowest BCUT2D eigenvalue weighted by Gasteiger charge is -2.27. The number of Topliss-reactive ketones (excluding diaryl/α,β-unsaturated/α-hetero) is 1. The lowest BCUT2D eigenvalue weighted by molar-refractivity contribution is -0.119. The van der Waals surface area contributed by atoms with Gasteiger partial charge in [-0.3, -0.25) is 4.79 Å². The van der Waals surface area contributed by atoms with Crippen LogP contribution in [0.25, 0.3) is 10.2 Å². The molecule has 110 valence electrons. The molecular formula is C14H15N3O3S. The molecule has 0 radical (unpaired) electrons. The number of ether oxygens (including phenoxy) is 1. The Labute approximate surface area is 125 Å². The van der Waals surface area contributed by atoms with Crippen molar-refractivity contribution in [2.75, 3.05) is 24.6 Å². The third kappa shape index (κ3) is 2.61. The number of fused-ring (bicyclic) bond motifs is 1. The number of aromatic nitrogens is 2. The van der Waals surface area contributed by atoms with Crippen LogP contribution in [0.2, 0.25) is 0 Å². The zero-order valence-corrected chi connectivity index (χ0v) is 12.5. The average Bonchev–Trinajstić information content (AvgIpc) is 2.92. The predicted octanol–water partition coefficient (Wildman–Crippen LogP) is 2.04. The second-order valence-electron chi connectivity index (χ2n) is 4.77. The van der Waals surface area contributed by atoms with Gasteiger partial charge in [0.15, 0.2) is 0 Å². The molecule has 1 saturated heterocycles. The maximum atomic E-state index is 12.1. The van der Waals surface area contributed by atoms with Gasteiger partial charge in [0.1, 0.15) is 22.8 Å². The van der Waals surface area contributed by atoms with E-state index in [2.05, 4.69) is 9.97 Å². The van der Waals surface area contributed by atoms with Gasteiger partial charge < -0.3 is 9.64 Å². The first-order valence-corrected chi connectivity index (χ1v) is 7.74. The van der Waals surface area contributed by atoms with Gasteiger partial charge in [0.05, 0.1) is 17.6 Å². The van der Waals surface area contributed by atoms with Crippen LogP contribution < -0.4 is 4.90 Å². The third-order valence-electron chi connectivity index (χ3n) is 3.47. The van der Waals surface area contributed by atoms with E-state index in [9.17, 15) is 9.59 Å². The highest BCUT2D eigenvalue weighted by Crippen LogP contribution is 2.32. The van der Waals surface area contributed by atoms with E-state index in [0.717, 1.165) is 16.0 Å². The van der Waals surface area contributed by atoms with Crippen LogP contribution in [0.15, 0.2) is 11.7 Å². The number of nitrogens with zero attached hydrogens (tertiary/aromatic N) is 3. The molecule has 0 N–H and O–H groups in total. The van der Waals surface area contributed by atoms with Crippen molar-refractivity contribution in [2.24, 2.45) is 0 Å². The minimum Gasteiger partial charge on any atom is -0.462 e. The molecule has 2 aromatic rings. The molecule has 1 aliphatic heterocycles. The molecule has 0 atom stereocenters. The van der Waals surface area contributed by atoms with Gasteiger partial charge in [-0.2, -0.15) is 0 Å². The Morgan fingerprint density at radius 1 is 1.38 bits per heavy atom. The topological polar surface area (TPSA) is 72.4 Å². The number of ketones is 1. The van der Waals surface area contributed by atoms with Gasteiger partial charge in [-0.15, -0.1) is 11.3 Å². The van der Waals surface area contributed by atoms with Gasteiger partial charge in [-0.05, 0) is 6.92 Å². The molecule has 21 heavy (non-hydrogen) atoms. The van der Waals surface area contributed by atoms with Crippen molar-refractivity contribution >= 4 is 39.1 Å². The molecule has 1 aliphatic rings. The van der Waals surface area contributed by atoms with E-state index in [0.29, 0.717) is 38.1 Å². The maximum Gasteiger partial charge on any atom is 0.339 e. The Bertz CT molecular complexity index is 688. The second-order valence-corrected chi connectivity index (χ2v) is 5.63. The fourth-order valence-corrected chi connectivity index (χ4v) is 3.30. The minimum absolute atomic E-state index is 0.271. The van der Waals surface area contributed by atoms with E-state index < -0.39 is 0 Å².